The van der Waals surface area contributed by atoms with Crippen molar-refractivity contribution < 1.29 is 13.7 Å². The molecule has 2 aromatic heterocycles. The normalized spacial score (nSPS) is 12.3. The highest BCUT2D eigenvalue weighted by Crippen LogP contribution is 2.22. The van der Waals surface area contributed by atoms with Gasteiger partial charge in [0.2, 0.25) is 5.76 Å². The van der Waals surface area contributed by atoms with Gasteiger partial charge in [-0.1, -0.05) is 49.3 Å². The molecule has 0 fully saturated rings. The number of hydrogen-bond acceptors (Lipinski definition) is 5. The molecule has 3 rings (SSSR count). The summed E-state index contributed by atoms with van der Waals surface area (Å²) >= 11 is 0. The van der Waals surface area contributed by atoms with Gasteiger partial charge in [-0.2, -0.15) is 0 Å². The van der Waals surface area contributed by atoms with Crippen LogP contribution < -0.4 is 5.32 Å². The summed E-state index contributed by atoms with van der Waals surface area (Å²) in [6.45, 7) is 6.54. The Morgan fingerprint density at radius 2 is 1.88 bits per heavy atom. The van der Waals surface area contributed by atoms with E-state index in [-0.39, 0.29) is 17.6 Å². The van der Waals surface area contributed by atoms with Crippen molar-refractivity contribution in [3.8, 4) is 11.5 Å². The van der Waals surface area contributed by atoms with E-state index in [9.17, 15) is 4.79 Å². The molecule has 136 valence electrons. The highest BCUT2D eigenvalue weighted by atomic mass is 16.5. The van der Waals surface area contributed by atoms with Crippen LogP contribution in [0, 0.1) is 0 Å². The number of rotatable bonds is 8. The fourth-order valence-corrected chi connectivity index (χ4v) is 2.99. The summed E-state index contributed by atoms with van der Waals surface area (Å²) in [5, 5.41) is 6.82. The van der Waals surface area contributed by atoms with Crippen LogP contribution in [0.2, 0.25) is 0 Å². The molecule has 0 spiro atoms. The number of nitrogens with zero attached hydrogens (tertiary/aromatic N) is 2. The zero-order valence-electron chi connectivity index (χ0n) is 15.0. The summed E-state index contributed by atoms with van der Waals surface area (Å²) in [5.74, 6) is 0.713. The molecule has 6 nitrogen and oxygen atoms in total. The molecule has 0 aliphatic heterocycles. The van der Waals surface area contributed by atoms with E-state index in [0.717, 1.165) is 13.1 Å². The quantitative estimate of drug-likeness (QED) is 0.668. The maximum atomic E-state index is 12.5. The molecular weight excluding hydrogens is 330 g/mol. The van der Waals surface area contributed by atoms with Gasteiger partial charge in [0, 0.05) is 12.6 Å². The minimum Gasteiger partial charge on any atom is -0.461 e. The first-order valence-electron chi connectivity index (χ1n) is 8.80. The summed E-state index contributed by atoms with van der Waals surface area (Å²) < 4.78 is 10.5. The largest absolute Gasteiger partial charge is 0.461 e. The van der Waals surface area contributed by atoms with Gasteiger partial charge in [0.25, 0.3) is 5.91 Å². The van der Waals surface area contributed by atoms with Crippen LogP contribution in [0.4, 0.5) is 0 Å². The van der Waals surface area contributed by atoms with E-state index in [2.05, 4.69) is 41.4 Å². The minimum atomic E-state index is -0.264. The van der Waals surface area contributed by atoms with E-state index in [1.54, 1.807) is 24.5 Å². The van der Waals surface area contributed by atoms with Gasteiger partial charge in [0.1, 0.15) is 0 Å². The Morgan fingerprint density at radius 1 is 1.12 bits per heavy atom. The number of furan rings is 1. The zero-order valence-corrected chi connectivity index (χ0v) is 15.0. The van der Waals surface area contributed by atoms with Gasteiger partial charge < -0.3 is 14.3 Å². The standard InChI is InChI=1S/C20H23N3O3/c1-3-23(4-2)17(15-9-6-5-7-10-15)14-21-20(24)16-13-19(26-22-16)18-11-8-12-25-18/h5-13,17H,3-4,14H2,1-2H3,(H,21,24)/t17-/m1/s1. The van der Waals surface area contributed by atoms with Gasteiger partial charge in [-0.05, 0) is 30.8 Å². The van der Waals surface area contributed by atoms with Gasteiger partial charge in [0.15, 0.2) is 11.5 Å². The van der Waals surface area contributed by atoms with Crippen molar-refractivity contribution in [2.75, 3.05) is 19.6 Å². The predicted octanol–water partition coefficient (Wildman–Crippen LogP) is 3.75. The third kappa shape index (κ3) is 4.03. The molecule has 26 heavy (non-hydrogen) atoms. The maximum Gasteiger partial charge on any atom is 0.273 e. The molecule has 0 aliphatic rings. The van der Waals surface area contributed by atoms with Crippen LogP contribution in [-0.4, -0.2) is 35.6 Å². The third-order valence-corrected chi connectivity index (χ3v) is 4.40. The molecule has 1 aromatic carbocycles. The van der Waals surface area contributed by atoms with E-state index < -0.39 is 0 Å². The Balaban J connectivity index is 1.69. The van der Waals surface area contributed by atoms with Crippen molar-refractivity contribution in [2.45, 2.75) is 19.9 Å². The smallest absolute Gasteiger partial charge is 0.273 e. The SMILES string of the molecule is CCN(CC)[C@H](CNC(=O)c1cc(-c2ccco2)on1)c1ccccc1. The number of likely N-dealkylation sites (N-methyl/N-ethyl adjacent to an activating group) is 1. The molecule has 0 saturated heterocycles. The number of carbonyl (C=O) groups excluding carboxylic acids is 1. The predicted molar refractivity (Wildman–Crippen MR) is 98.6 cm³/mol. The fraction of sp³-hybridized carbons (Fsp3) is 0.300. The molecule has 0 aliphatic carbocycles. The summed E-state index contributed by atoms with van der Waals surface area (Å²) in [4.78, 5) is 14.8. The fourth-order valence-electron chi connectivity index (χ4n) is 2.99. The van der Waals surface area contributed by atoms with Crippen LogP contribution in [0.3, 0.4) is 0 Å². The van der Waals surface area contributed by atoms with Crippen molar-refractivity contribution in [3.63, 3.8) is 0 Å². The Morgan fingerprint density at radius 3 is 2.54 bits per heavy atom. The van der Waals surface area contributed by atoms with E-state index in [4.69, 9.17) is 8.94 Å². The van der Waals surface area contributed by atoms with E-state index in [0.29, 0.717) is 18.1 Å². The second-order valence-electron chi connectivity index (χ2n) is 5.91. The Bertz CT molecular complexity index is 808. The molecule has 0 bridgehead atoms. The van der Waals surface area contributed by atoms with E-state index in [1.807, 2.05) is 18.2 Å². The average molecular weight is 353 g/mol. The molecule has 2 heterocycles. The first kappa shape index (κ1) is 17.9. The van der Waals surface area contributed by atoms with Gasteiger partial charge >= 0.3 is 0 Å². The van der Waals surface area contributed by atoms with Crippen molar-refractivity contribution in [1.82, 2.24) is 15.4 Å². The average Bonchev–Trinajstić information content (AvgIpc) is 3.37. The summed E-state index contributed by atoms with van der Waals surface area (Å²) in [6, 6.07) is 15.4. The molecular formula is C20H23N3O3. The number of carbonyl (C=O) groups is 1. The molecule has 3 aromatic rings. The molecule has 0 unspecified atom stereocenters. The van der Waals surface area contributed by atoms with Crippen LogP contribution in [0.1, 0.15) is 35.9 Å². The monoisotopic (exact) mass is 353 g/mol. The molecule has 1 amide bonds. The van der Waals surface area contributed by atoms with E-state index >= 15 is 0 Å². The third-order valence-electron chi connectivity index (χ3n) is 4.40. The van der Waals surface area contributed by atoms with Crippen LogP contribution in [0.5, 0.6) is 0 Å². The lowest BCUT2D eigenvalue weighted by atomic mass is 10.1. The lowest BCUT2D eigenvalue weighted by Crippen LogP contribution is -2.38. The van der Waals surface area contributed by atoms with Gasteiger partial charge in [-0.3, -0.25) is 9.69 Å². The second kappa shape index (κ2) is 8.49. The lowest BCUT2D eigenvalue weighted by Gasteiger charge is -2.30. The van der Waals surface area contributed by atoms with Gasteiger partial charge in [-0.15, -0.1) is 0 Å². The Kier molecular flexibility index (Phi) is 5.86. The Labute approximate surface area is 152 Å². The summed E-state index contributed by atoms with van der Waals surface area (Å²) in [6.07, 6.45) is 1.55. The summed E-state index contributed by atoms with van der Waals surface area (Å²) in [7, 11) is 0. The first-order valence-corrected chi connectivity index (χ1v) is 8.80. The van der Waals surface area contributed by atoms with E-state index in [1.165, 1.54) is 5.56 Å². The molecule has 0 saturated carbocycles. The van der Waals surface area contributed by atoms with Crippen LogP contribution in [0.15, 0.2) is 63.7 Å². The lowest BCUT2D eigenvalue weighted by molar-refractivity contribution is 0.0926. The molecule has 1 atom stereocenters. The molecule has 6 heteroatoms. The van der Waals surface area contributed by atoms with Crippen molar-refractivity contribution >= 4 is 5.91 Å². The number of nitrogens with one attached hydrogen (secondary N) is 1. The number of aromatic nitrogens is 1. The molecule has 1 N–H and O–H groups in total. The van der Waals surface area contributed by atoms with Gasteiger partial charge in [0.05, 0.1) is 12.3 Å². The zero-order chi connectivity index (χ0) is 18.4. The van der Waals surface area contributed by atoms with Crippen molar-refractivity contribution in [3.05, 3.63) is 66.1 Å². The highest BCUT2D eigenvalue weighted by molar-refractivity contribution is 5.92. The number of hydrogen-bond donors (Lipinski definition) is 1. The van der Waals surface area contributed by atoms with Crippen LogP contribution in [0.25, 0.3) is 11.5 Å². The van der Waals surface area contributed by atoms with Crippen LogP contribution >= 0.6 is 0 Å². The number of benzene rings is 1. The van der Waals surface area contributed by atoms with Gasteiger partial charge in [-0.25, -0.2) is 0 Å². The Hall–Kier alpha value is -2.86. The topological polar surface area (TPSA) is 71.5 Å². The van der Waals surface area contributed by atoms with Crippen molar-refractivity contribution in [1.29, 1.82) is 0 Å². The summed E-state index contributed by atoms with van der Waals surface area (Å²) in [5.41, 5.74) is 1.41. The maximum absolute atomic E-state index is 12.5. The highest BCUT2D eigenvalue weighted by Gasteiger charge is 2.20. The first-order chi connectivity index (χ1) is 12.7. The van der Waals surface area contributed by atoms with Crippen molar-refractivity contribution in [2.24, 2.45) is 0 Å². The minimum absolute atomic E-state index is 0.103. The number of amides is 1. The molecule has 0 radical (unpaired) electrons. The second-order valence-corrected chi connectivity index (χ2v) is 5.91. The van der Waals surface area contributed by atoms with Crippen LogP contribution in [-0.2, 0) is 0 Å².